The molecule has 0 saturated carbocycles. The van der Waals surface area contributed by atoms with Gasteiger partial charge in [-0.05, 0) is 35.0 Å². The molecule has 1 amide bonds. The number of carbonyl (C=O) groups excluding carboxylic acids is 2. The maximum atomic E-state index is 11.8. The second-order valence-corrected chi connectivity index (χ2v) is 4.50. The summed E-state index contributed by atoms with van der Waals surface area (Å²) in [7, 11) is 1.20. The third-order valence-electron chi connectivity index (χ3n) is 2.31. The number of amides is 1. The van der Waals surface area contributed by atoms with E-state index in [1.54, 1.807) is 0 Å². The Morgan fingerprint density at radius 1 is 1.47 bits per heavy atom. The Morgan fingerprint density at radius 3 is 2.63 bits per heavy atom. The van der Waals surface area contributed by atoms with Crippen molar-refractivity contribution < 1.29 is 19.2 Å². The summed E-state index contributed by atoms with van der Waals surface area (Å²) >= 11 is 3.02. The number of hydrogen-bond acceptors (Lipinski definition) is 5. The normalized spacial score (nSPS) is 11.5. The Labute approximate surface area is 117 Å². The van der Waals surface area contributed by atoms with Crippen LogP contribution < -0.4 is 5.32 Å². The van der Waals surface area contributed by atoms with Gasteiger partial charge >= 0.3 is 5.97 Å². The van der Waals surface area contributed by atoms with Crippen molar-refractivity contribution in [3.05, 3.63) is 38.3 Å². The average molecular weight is 331 g/mol. The predicted molar refractivity (Wildman–Crippen MR) is 69.7 cm³/mol. The number of nitro groups is 1. The van der Waals surface area contributed by atoms with Gasteiger partial charge in [0.05, 0.1) is 16.5 Å². The first-order valence-corrected chi connectivity index (χ1v) is 5.98. The highest BCUT2D eigenvalue weighted by Gasteiger charge is 2.20. The fraction of sp³-hybridized carbons (Fsp3) is 0.273. The monoisotopic (exact) mass is 330 g/mol. The van der Waals surface area contributed by atoms with Crippen LogP contribution in [0, 0.1) is 10.1 Å². The fourth-order valence-electron chi connectivity index (χ4n) is 1.31. The Hall–Kier alpha value is -1.96. The first-order chi connectivity index (χ1) is 8.86. The van der Waals surface area contributed by atoms with Crippen LogP contribution in [0.25, 0.3) is 0 Å². The zero-order valence-corrected chi connectivity index (χ0v) is 11.8. The van der Waals surface area contributed by atoms with Crippen LogP contribution in [0.3, 0.4) is 0 Å². The van der Waals surface area contributed by atoms with Crippen LogP contribution in [0.1, 0.15) is 17.3 Å². The van der Waals surface area contributed by atoms with Crippen molar-refractivity contribution in [1.29, 1.82) is 0 Å². The first-order valence-electron chi connectivity index (χ1n) is 5.19. The van der Waals surface area contributed by atoms with Crippen molar-refractivity contribution in [2.45, 2.75) is 13.0 Å². The number of methoxy groups -OCH3 is 1. The van der Waals surface area contributed by atoms with Crippen molar-refractivity contribution >= 4 is 33.5 Å². The van der Waals surface area contributed by atoms with Gasteiger partial charge in [-0.1, -0.05) is 0 Å². The predicted octanol–water partition coefficient (Wildman–Crippen LogP) is 1.65. The number of esters is 1. The molecule has 0 saturated heterocycles. The van der Waals surface area contributed by atoms with Crippen LogP contribution in [-0.4, -0.2) is 30.0 Å². The smallest absolute Gasteiger partial charge is 0.328 e. The van der Waals surface area contributed by atoms with Gasteiger partial charge in [0, 0.05) is 11.6 Å². The molecule has 0 spiro atoms. The molecule has 0 aromatic heterocycles. The van der Waals surface area contributed by atoms with E-state index in [4.69, 9.17) is 0 Å². The molecule has 0 aliphatic heterocycles. The van der Waals surface area contributed by atoms with Crippen LogP contribution >= 0.6 is 15.9 Å². The largest absolute Gasteiger partial charge is 0.467 e. The van der Waals surface area contributed by atoms with Crippen molar-refractivity contribution in [3.8, 4) is 0 Å². The lowest BCUT2D eigenvalue weighted by molar-refractivity contribution is -0.385. The zero-order valence-electron chi connectivity index (χ0n) is 10.2. The van der Waals surface area contributed by atoms with E-state index in [0.717, 1.165) is 6.07 Å². The summed E-state index contributed by atoms with van der Waals surface area (Å²) in [6.45, 7) is 1.46. The van der Waals surface area contributed by atoms with Gasteiger partial charge in [0.15, 0.2) is 0 Å². The van der Waals surface area contributed by atoms with E-state index in [2.05, 4.69) is 26.0 Å². The third-order valence-corrected chi connectivity index (χ3v) is 2.98. The minimum absolute atomic E-state index is 0.0886. The van der Waals surface area contributed by atoms with Gasteiger partial charge in [-0.25, -0.2) is 4.79 Å². The molecule has 1 rings (SSSR count). The van der Waals surface area contributed by atoms with E-state index in [9.17, 15) is 19.7 Å². The molecule has 0 fully saturated rings. The molecular formula is C11H11BrN2O5. The molecule has 0 aliphatic carbocycles. The highest BCUT2D eigenvalue weighted by molar-refractivity contribution is 9.10. The minimum atomic E-state index is -0.833. The average Bonchev–Trinajstić information content (AvgIpc) is 2.37. The molecule has 7 nitrogen and oxygen atoms in total. The topological polar surface area (TPSA) is 98.5 Å². The Balaban J connectivity index is 2.92. The maximum Gasteiger partial charge on any atom is 0.328 e. The number of nitro benzene ring substituents is 1. The van der Waals surface area contributed by atoms with Crippen LogP contribution in [0.4, 0.5) is 5.69 Å². The number of hydrogen-bond donors (Lipinski definition) is 1. The summed E-state index contributed by atoms with van der Waals surface area (Å²) in [4.78, 5) is 33.1. The van der Waals surface area contributed by atoms with Crippen LogP contribution in [0.2, 0.25) is 0 Å². The third kappa shape index (κ3) is 3.75. The van der Waals surface area contributed by atoms with E-state index >= 15 is 0 Å². The number of carbonyl (C=O) groups is 2. The maximum absolute atomic E-state index is 11.8. The highest BCUT2D eigenvalue weighted by atomic mass is 79.9. The quantitative estimate of drug-likeness (QED) is 0.514. The zero-order chi connectivity index (χ0) is 14.6. The van der Waals surface area contributed by atoms with E-state index in [1.807, 2.05) is 0 Å². The molecule has 0 aliphatic rings. The standard InChI is InChI=1S/C11H11BrN2O5/c1-6(11(16)19-2)13-10(15)7-3-4-8(12)9(5-7)14(17)18/h3-6H,1-2H3,(H,13,15)/t6-/m0/s1. The number of benzene rings is 1. The summed E-state index contributed by atoms with van der Waals surface area (Å²) in [5.41, 5.74) is -0.135. The van der Waals surface area contributed by atoms with Gasteiger partial charge < -0.3 is 10.1 Å². The SMILES string of the molecule is COC(=O)[C@H](C)NC(=O)c1ccc(Br)c([N+](=O)[O-])c1. The molecule has 19 heavy (non-hydrogen) atoms. The molecular weight excluding hydrogens is 320 g/mol. The van der Waals surface area contributed by atoms with Crippen molar-refractivity contribution in [2.24, 2.45) is 0 Å². The van der Waals surface area contributed by atoms with Gasteiger partial charge in [0.25, 0.3) is 11.6 Å². The molecule has 1 aromatic rings. The Bertz CT molecular complexity index is 532. The number of nitrogens with one attached hydrogen (secondary N) is 1. The van der Waals surface area contributed by atoms with Crippen LogP contribution in [0.15, 0.2) is 22.7 Å². The summed E-state index contributed by atoms with van der Waals surface area (Å²) in [6.07, 6.45) is 0. The van der Waals surface area contributed by atoms with Crippen molar-refractivity contribution in [3.63, 3.8) is 0 Å². The van der Waals surface area contributed by atoms with Crippen molar-refractivity contribution in [1.82, 2.24) is 5.32 Å². The van der Waals surface area contributed by atoms with Crippen LogP contribution in [-0.2, 0) is 9.53 Å². The van der Waals surface area contributed by atoms with E-state index in [0.29, 0.717) is 0 Å². The van der Waals surface area contributed by atoms with Gasteiger partial charge in [0.2, 0.25) is 0 Å². The van der Waals surface area contributed by atoms with E-state index < -0.39 is 22.8 Å². The Morgan fingerprint density at radius 2 is 2.11 bits per heavy atom. The lowest BCUT2D eigenvalue weighted by Crippen LogP contribution is -2.39. The van der Waals surface area contributed by atoms with Crippen molar-refractivity contribution in [2.75, 3.05) is 7.11 Å². The number of rotatable bonds is 4. The molecule has 0 bridgehead atoms. The molecule has 0 heterocycles. The highest BCUT2D eigenvalue weighted by Crippen LogP contribution is 2.25. The summed E-state index contributed by atoms with van der Waals surface area (Å²) in [5, 5.41) is 13.1. The van der Waals surface area contributed by atoms with E-state index in [-0.39, 0.29) is 15.7 Å². The minimum Gasteiger partial charge on any atom is -0.467 e. The molecule has 1 N–H and O–H groups in total. The van der Waals surface area contributed by atoms with Gasteiger partial charge in [-0.15, -0.1) is 0 Å². The Kier molecular flexibility index (Phi) is 4.99. The molecule has 102 valence electrons. The summed E-state index contributed by atoms with van der Waals surface area (Å²) in [6, 6.07) is 3.11. The summed E-state index contributed by atoms with van der Waals surface area (Å²) in [5.74, 6) is -1.19. The molecule has 8 heteroatoms. The molecule has 0 radical (unpaired) electrons. The number of ether oxygens (including phenoxy) is 1. The van der Waals surface area contributed by atoms with Crippen LogP contribution in [0.5, 0.6) is 0 Å². The lowest BCUT2D eigenvalue weighted by atomic mass is 10.2. The van der Waals surface area contributed by atoms with Gasteiger partial charge in [0.1, 0.15) is 6.04 Å². The molecule has 1 aromatic carbocycles. The second-order valence-electron chi connectivity index (χ2n) is 3.64. The van der Waals surface area contributed by atoms with Gasteiger partial charge in [-0.3, -0.25) is 14.9 Å². The van der Waals surface area contributed by atoms with E-state index in [1.165, 1.54) is 26.2 Å². The second kappa shape index (κ2) is 6.28. The summed E-state index contributed by atoms with van der Waals surface area (Å²) < 4.78 is 4.73. The number of nitrogens with zero attached hydrogens (tertiary/aromatic N) is 1. The fourth-order valence-corrected chi connectivity index (χ4v) is 1.70. The van der Waals surface area contributed by atoms with Gasteiger partial charge in [-0.2, -0.15) is 0 Å². The molecule has 1 atom stereocenters. The lowest BCUT2D eigenvalue weighted by Gasteiger charge is -2.11. The first kappa shape index (κ1) is 15.1. The number of halogens is 1. The molecule has 0 unspecified atom stereocenters.